The first-order valence-electron chi connectivity index (χ1n) is 11.3. The van der Waals surface area contributed by atoms with Crippen LogP contribution in [-0.4, -0.2) is 36.6 Å². The molecular weight excluding hydrogens is 416 g/mol. The molecule has 0 aromatic heterocycles. The molecule has 0 unspecified atom stereocenters. The molecule has 4 atom stereocenters. The number of esters is 1. The minimum Gasteiger partial charge on any atom is -0.496 e. The van der Waals surface area contributed by atoms with E-state index in [0.29, 0.717) is 6.42 Å². The highest BCUT2D eigenvalue weighted by molar-refractivity contribution is 5.87. The van der Waals surface area contributed by atoms with Crippen molar-refractivity contribution in [3.63, 3.8) is 0 Å². The molecule has 1 fully saturated rings. The zero-order chi connectivity index (χ0) is 23.5. The zero-order valence-electron chi connectivity index (χ0n) is 18.8. The van der Waals surface area contributed by atoms with Crippen LogP contribution in [0.15, 0.2) is 86.2 Å². The first-order valence-corrected chi connectivity index (χ1v) is 11.3. The fourth-order valence-electron chi connectivity index (χ4n) is 4.06. The molecule has 33 heavy (non-hydrogen) atoms. The number of nitrogens with one attached hydrogen (secondary N) is 2. The molecule has 1 aliphatic heterocycles. The highest BCUT2D eigenvalue weighted by atomic mass is 16.5. The molecule has 2 N–H and O–H groups in total. The summed E-state index contributed by atoms with van der Waals surface area (Å²) < 4.78 is 11.3. The second-order valence-corrected chi connectivity index (χ2v) is 8.08. The van der Waals surface area contributed by atoms with E-state index in [-0.39, 0.29) is 18.6 Å². The molecule has 0 spiro atoms. The van der Waals surface area contributed by atoms with Gasteiger partial charge in [0, 0.05) is 12.5 Å². The number of carbonyl (C=O) groups excluding carboxylic acids is 2. The molecule has 0 aliphatic carbocycles. The van der Waals surface area contributed by atoms with E-state index >= 15 is 0 Å². The third-order valence-corrected chi connectivity index (χ3v) is 5.77. The molecule has 174 valence electrons. The van der Waals surface area contributed by atoms with Gasteiger partial charge < -0.3 is 20.1 Å². The monoisotopic (exact) mass is 448 g/mol. The van der Waals surface area contributed by atoms with E-state index in [4.69, 9.17) is 9.47 Å². The predicted molar refractivity (Wildman–Crippen MR) is 128 cm³/mol. The highest BCUT2D eigenvalue weighted by Crippen LogP contribution is 2.21. The molecule has 1 saturated heterocycles. The highest BCUT2D eigenvalue weighted by Gasteiger charge is 2.36. The molecule has 1 amide bonds. The lowest BCUT2D eigenvalue weighted by molar-refractivity contribution is -0.149. The van der Waals surface area contributed by atoms with Gasteiger partial charge in [0.2, 0.25) is 5.91 Å². The average Bonchev–Trinajstić information content (AvgIpc) is 3.38. The summed E-state index contributed by atoms with van der Waals surface area (Å²) in [6.45, 7) is 8.52. The van der Waals surface area contributed by atoms with Crippen LogP contribution in [0.4, 0.5) is 0 Å². The summed E-state index contributed by atoms with van der Waals surface area (Å²) in [6.07, 6.45) is 4.68. The van der Waals surface area contributed by atoms with E-state index in [1.807, 2.05) is 60.7 Å². The van der Waals surface area contributed by atoms with Crippen LogP contribution in [0.1, 0.15) is 24.0 Å². The maximum atomic E-state index is 13.3. The van der Waals surface area contributed by atoms with Crippen LogP contribution < -0.4 is 10.6 Å². The number of ether oxygens (including phenoxy) is 2. The molecule has 0 bridgehead atoms. The number of benzene rings is 2. The zero-order valence-corrected chi connectivity index (χ0v) is 18.8. The number of rotatable bonds is 12. The Labute approximate surface area is 195 Å². The van der Waals surface area contributed by atoms with Crippen molar-refractivity contribution in [1.82, 2.24) is 10.6 Å². The van der Waals surface area contributed by atoms with Crippen molar-refractivity contribution in [2.75, 3.05) is 6.54 Å². The summed E-state index contributed by atoms with van der Waals surface area (Å²) in [6, 6.07) is 18.2. The molecule has 3 rings (SSSR count). The standard InChI is InChI=1S/C27H32N2O4/c1-3-22(25(32-4-2)23-16-11-17-28-23)26(30)29-24(18-20-12-7-5-8-13-20)27(31)33-19-21-14-9-6-10-15-21/h3-10,12-15,22-25,28H,1-2,11,16-19H2,(H,29,30)/t22-,23+,24+,25-/m1/s1. The van der Waals surface area contributed by atoms with Crippen LogP contribution >= 0.6 is 0 Å². The Morgan fingerprint density at radius 1 is 1.06 bits per heavy atom. The van der Waals surface area contributed by atoms with Crippen LogP contribution in [0.25, 0.3) is 0 Å². The number of hydrogen-bond donors (Lipinski definition) is 2. The van der Waals surface area contributed by atoms with E-state index in [1.165, 1.54) is 6.26 Å². The topological polar surface area (TPSA) is 76.7 Å². The van der Waals surface area contributed by atoms with Gasteiger partial charge in [-0.3, -0.25) is 4.79 Å². The molecule has 0 saturated carbocycles. The largest absolute Gasteiger partial charge is 0.496 e. The quantitative estimate of drug-likeness (QED) is 0.295. The van der Waals surface area contributed by atoms with Crippen molar-refractivity contribution in [3.8, 4) is 0 Å². The summed E-state index contributed by atoms with van der Waals surface area (Å²) >= 11 is 0. The van der Waals surface area contributed by atoms with Crippen molar-refractivity contribution in [3.05, 3.63) is 97.3 Å². The summed E-state index contributed by atoms with van der Waals surface area (Å²) in [5, 5.41) is 6.26. The summed E-state index contributed by atoms with van der Waals surface area (Å²) in [4.78, 5) is 26.3. The van der Waals surface area contributed by atoms with Gasteiger partial charge in [-0.1, -0.05) is 73.3 Å². The number of carbonyl (C=O) groups is 2. The Morgan fingerprint density at radius 3 is 2.30 bits per heavy atom. The average molecular weight is 449 g/mol. The Kier molecular flexibility index (Phi) is 9.27. The molecule has 2 aromatic carbocycles. The number of amides is 1. The van der Waals surface area contributed by atoms with Gasteiger partial charge in [0.15, 0.2) is 0 Å². The Morgan fingerprint density at radius 2 is 1.73 bits per heavy atom. The van der Waals surface area contributed by atoms with E-state index in [2.05, 4.69) is 23.8 Å². The fourth-order valence-corrected chi connectivity index (χ4v) is 4.06. The Hall–Kier alpha value is -3.38. The minimum atomic E-state index is -0.841. The molecule has 6 nitrogen and oxygen atoms in total. The summed E-state index contributed by atoms with van der Waals surface area (Å²) in [7, 11) is 0. The second kappa shape index (κ2) is 12.6. The summed E-state index contributed by atoms with van der Waals surface area (Å²) in [5.74, 6) is -1.47. The summed E-state index contributed by atoms with van der Waals surface area (Å²) in [5.41, 5.74) is 1.80. The van der Waals surface area contributed by atoms with Gasteiger partial charge in [0.05, 0.1) is 12.2 Å². The fraction of sp³-hybridized carbons (Fsp3) is 0.333. The first kappa shape index (κ1) is 24.3. The van der Waals surface area contributed by atoms with Crippen LogP contribution in [0, 0.1) is 5.92 Å². The van der Waals surface area contributed by atoms with Crippen molar-refractivity contribution in [2.24, 2.45) is 5.92 Å². The number of hydrogen-bond acceptors (Lipinski definition) is 5. The van der Waals surface area contributed by atoms with Crippen LogP contribution in [0.5, 0.6) is 0 Å². The van der Waals surface area contributed by atoms with Gasteiger partial charge in [-0.25, -0.2) is 4.79 Å². The van der Waals surface area contributed by atoms with E-state index in [9.17, 15) is 9.59 Å². The Bertz CT molecular complexity index is 910. The van der Waals surface area contributed by atoms with E-state index in [0.717, 1.165) is 30.5 Å². The minimum absolute atomic E-state index is 0.00866. The van der Waals surface area contributed by atoms with Gasteiger partial charge in [-0.05, 0) is 30.5 Å². The lowest BCUT2D eigenvalue weighted by Gasteiger charge is -2.29. The molecule has 6 heteroatoms. The van der Waals surface area contributed by atoms with Crippen molar-refractivity contribution in [2.45, 2.75) is 44.1 Å². The van der Waals surface area contributed by atoms with Gasteiger partial charge in [0.1, 0.15) is 18.8 Å². The van der Waals surface area contributed by atoms with Crippen molar-refractivity contribution < 1.29 is 19.1 Å². The Balaban J connectivity index is 1.73. The van der Waals surface area contributed by atoms with Gasteiger partial charge in [0.25, 0.3) is 0 Å². The maximum absolute atomic E-state index is 13.3. The second-order valence-electron chi connectivity index (χ2n) is 8.08. The van der Waals surface area contributed by atoms with Crippen LogP contribution in [0.2, 0.25) is 0 Å². The van der Waals surface area contributed by atoms with Gasteiger partial charge >= 0.3 is 5.97 Å². The third kappa shape index (κ3) is 7.05. The van der Waals surface area contributed by atoms with Gasteiger partial charge in [-0.15, -0.1) is 6.58 Å². The van der Waals surface area contributed by atoms with E-state index < -0.39 is 24.0 Å². The smallest absolute Gasteiger partial charge is 0.329 e. The lowest BCUT2D eigenvalue weighted by Crippen LogP contribution is -2.51. The van der Waals surface area contributed by atoms with Crippen molar-refractivity contribution >= 4 is 11.9 Å². The lowest BCUT2D eigenvalue weighted by atomic mass is 9.93. The SMILES string of the molecule is C=CO[C@@H]([C@@H]1CCCN1)[C@@H](C=C)C(=O)N[C@@H](Cc1ccccc1)C(=O)OCc1ccccc1. The third-order valence-electron chi connectivity index (χ3n) is 5.77. The van der Waals surface area contributed by atoms with E-state index in [1.54, 1.807) is 6.08 Å². The van der Waals surface area contributed by atoms with Crippen molar-refractivity contribution in [1.29, 1.82) is 0 Å². The molecule has 1 aliphatic rings. The van der Waals surface area contributed by atoms with Crippen LogP contribution in [-0.2, 0) is 32.1 Å². The predicted octanol–water partition coefficient (Wildman–Crippen LogP) is 3.54. The first-order chi connectivity index (χ1) is 16.1. The van der Waals surface area contributed by atoms with Crippen LogP contribution in [0.3, 0.4) is 0 Å². The molecule has 0 radical (unpaired) electrons. The molecule has 2 aromatic rings. The molecular formula is C27H32N2O4. The molecule has 1 heterocycles. The maximum Gasteiger partial charge on any atom is 0.329 e. The van der Waals surface area contributed by atoms with Gasteiger partial charge in [-0.2, -0.15) is 0 Å². The normalized spacial score (nSPS) is 17.9.